The van der Waals surface area contributed by atoms with Crippen LogP contribution in [0.2, 0.25) is 0 Å². The molecule has 0 amide bonds. The molecule has 2 heterocycles. The molecule has 0 spiro atoms. The van der Waals surface area contributed by atoms with Gasteiger partial charge in [0.05, 0.1) is 5.56 Å². The molecule has 0 aromatic carbocycles. The summed E-state index contributed by atoms with van der Waals surface area (Å²) in [6.45, 7) is 1.78. The van der Waals surface area contributed by atoms with Crippen molar-refractivity contribution < 1.29 is 5.21 Å². The van der Waals surface area contributed by atoms with Crippen LogP contribution in [-0.2, 0) is 0 Å². The van der Waals surface area contributed by atoms with Crippen molar-refractivity contribution in [1.82, 2.24) is 14.6 Å². The number of pyridine rings is 1. The van der Waals surface area contributed by atoms with Crippen LogP contribution in [0.4, 0.5) is 0 Å². The third-order valence-electron chi connectivity index (χ3n) is 1.85. The number of aromatic nitrogens is 3. The first-order valence-corrected chi connectivity index (χ1v) is 4.02. The van der Waals surface area contributed by atoms with E-state index in [-0.39, 0.29) is 5.84 Å². The van der Waals surface area contributed by atoms with Gasteiger partial charge in [-0.1, -0.05) is 5.16 Å². The zero-order valence-electron chi connectivity index (χ0n) is 7.55. The highest BCUT2D eigenvalue weighted by Crippen LogP contribution is 2.07. The lowest BCUT2D eigenvalue weighted by Crippen LogP contribution is -2.14. The van der Waals surface area contributed by atoms with E-state index in [2.05, 4.69) is 15.2 Å². The molecule has 0 aliphatic carbocycles. The summed E-state index contributed by atoms with van der Waals surface area (Å²) in [6, 6.07) is 3.48. The lowest BCUT2D eigenvalue weighted by Gasteiger charge is -1.98. The second-order valence-electron chi connectivity index (χ2n) is 2.83. The molecule has 2 aromatic heterocycles. The Bertz CT molecular complexity index is 501. The Kier molecular flexibility index (Phi) is 1.81. The van der Waals surface area contributed by atoms with Crippen molar-refractivity contribution in [2.24, 2.45) is 10.9 Å². The summed E-state index contributed by atoms with van der Waals surface area (Å²) < 4.78 is 1.59. The monoisotopic (exact) mass is 191 g/mol. The smallest absolute Gasteiger partial charge is 0.173 e. The maximum Gasteiger partial charge on any atom is 0.173 e. The quantitative estimate of drug-likeness (QED) is 0.290. The van der Waals surface area contributed by atoms with Gasteiger partial charge in [0.1, 0.15) is 5.82 Å². The Hall–Kier alpha value is -2.11. The molecule has 0 saturated heterocycles. The molecule has 0 unspecified atom stereocenters. The van der Waals surface area contributed by atoms with Gasteiger partial charge in [-0.15, -0.1) is 0 Å². The number of oxime groups is 1. The first-order chi connectivity index (χ1) is 6.72. The van der Waals surface area contributed by atoms with Crippen LogP contribution in [0.1, 0.15) is 11.4 Å². The van der Waals surface area contributed by atoms with E-state index in [1.807, 2.05) is 0 Å². The number of aryl methyl sites for hydroxylation is 1. The first-order valence-electron chi connectivity index (χ1n) is 4.02. The van der Waals surface area contributed by atoms with E-state index in [0.29, 0.717) is 17.0 Å². The van der Waals surface area contributed by atoms with Crippen molar-refractivity contribution in [1.29, 1.82) is 0 Å². The van der Waals surface area contributed by atoms with Crippen LogP contribution in [0.3, 0.4) is 0 Å². The predicted molar refractivity (Wildman–Crippen MR) is 50.2 cm³/mol. The van der Waals surface area contributed by atoms with Gasteiger partial charge in [0, 0.05) is 6.20 Å². The normalized spacial score (nSPS) is 12.2. The molecule has 6 heteroatoms. The summed E-state index contributed by atoms with van der Waals surface area (Å²) in [7, 11) is 0. The maximum atomic E-state index is 8.56. The fourth-order valence-electron chi connectivity index (χ4n) is 1.27. The third-order valence-corrected chi connectivity index (χ3v) is 1.85. The van der Waals surface area contributed by atoms with E-state index in [4.69, 9.17) is 10.9 Å². The predicted octanol–water partition coefficient (Wildman–Crippen LogP) is 0.132. The van der Waals surface area contributed by atoms with Crippen molar-refractivity contribution in [3.8, 4) is 0 Å². The average Bonchev–Trinajstić information content (AvgIpc) is 2.56. The molecular formula is C8H9N5O. The van der Waals surface area contributed by atoms with Gasteiger partial charge in [-0.05, 0) is 19.1 Å². The highest BCUT2D eigenvalue weighted by Gasteiger charge is 2.08. The lowest BCUT2D eigenvalue weighted by atomic mass is 10.2. The van der Waals surface area contributed by atoms with Gasteiger partial charge < -0.3 is 10.9 Å². The summed E-state index contributed by atoms with van der Waals surface area (Å²) in [5.74, 6) is 0.672. The summed E-state index contributed by atoms with van der Waals surface area (Å²) >= 11 is 0. The van der Waals surface area contributed by atoms with E-state index in [9.17, 15) is 0 Å². The molecule has 2 aromatic rings. The van der Waals surface area contributed by atoms with Gasteiger partial charge in [0.25, 0.3) is 0 Å². The first kappa shape index (κ1) is 8.49. The van der Waals surface area contributed by atoms with Crippen molar-refractivity contribution in [2.45, 2.75) is 6.92 Å². The number of nitrogens with two attached hydrogens (primary N) is 1. The Morgan fingerprint density at radius 2 is 2.43 bits per heavy atom. The minimum absolute atomic E-state index is 0.0306. The molecule has 0 bridgehead atoms. The number of fused-ring (bicyclic) bond motifs is 1. The minimum atomic E-state index is 0.0306. The van der Waals surface area contributed by atoms with Crippen molar-refractivity contribution in [3.63, 3.8) is 0 Å². The zero-order chi connectivity index (χ0) is 10.1. The molecule has 0 fully saturated rings. The van der Waals surface area contributed by atoms with Gasteiger partial charge in [-0.2, -0.15) is 5.10 Å². The van der Waals surface area contributed by atoms with Gasteiger partial charge in [-0.25, -0.2) is 9.50 Å². The Balaban J connectivity index is 2.76. The zero-order valence-corrected chi connectivity index (χ0v) is 7.55. The van der Waals surface area contributed by atoms with Gasteiger partial charge in [-0.3, -0.25) is 0 Å². The molecule has 3 N–H and O–H groups in total. The van der Waals surface area contributed by atoms with Gasteiger partial charge in [0.2, 0.25) is 0 Å². The fourth-order valence-corrected chi connectivity index (χ4v) is 1.27. The molecule has 72 valence electrons. The highest BCUT2D eigenvalue weighted by molar-refractivity contribution is 6.02. The van der Waals surface area contributed by atoms with Crippen LogP contribution in [0.5, 0.6) is 0 Å². The molecule has 0 aliphatic heterocycles. The fraction of sp³-hybridized carbons (Fsp3) is 0.125. The third kappa shape index (κ3) is 1.17. The Morgan fingerprint density at radius 1 is 1.64 bits per heavy atom. The average molecular weight is 191 g/mol. The van der Waals surface area contributed by atoms with E-state index < -0.39 is 0 Å². The van der Waals surface area contributed by atoms with E-state index >= 15 is 0 Å². The lowest BCUT2D eigenvalue weighted by molar-refractivity contribution is 0.318. The van der Waals surface area contributed by atoms with Crippen LogP contribution in [0.15, 0.2) is 23.5 Å². The van der Waals surface area contributed by atoms with Crippen molar-refractivity contribution in [3.05, 3.63) is 29.7 Å². The molecule has 0 atom stereocenters. The van der Waals surface area contributed by atoms with E-state index in [0.717, 1.165) is 0 Å². The van der Waals surface area contributed by atoms with Crippen LogP contribution >= 0.6 is 0 Å². The molecular weight excluding hydrogens is 182 g/mol. The second kappa shape index (κ2) is 2.99. The van der Waals surface area contributed by atoms with Crippen LogP contribution in [0, 0.1) is 6.92 Å². The van der Waals surface area contributed by atoms with Gasteiger partial charge in [0.15, 0.2) is 11.5 Å². The minimum Gasteiger partial charge on any atom is -0.409 e. The topological polar surface area (TPSA) is 88.8 Å². The largest absolute Gasteiger partial charge is 0.409 e. The SMILES string of the molecule is Cc1nc2c(/C(N)=N\O)cccn2n1. The standard InChI is InChI=1S/C8H9N5O/c1-5-10-8-6(7(9)12-14)3-2-4-13(8)11-5/h2-4,14H,1H3,(H2,9,12). The molecule has 0 aliphatic rings. The number of hydrogen-bond donors (Lipinski definition) is 2. The molecule has 2 rings (SSSR count). The summed E-state index contributed by atoms with van der Waals surface area (Å²) in [5.41, 5.74) is 6.64. The molecule has 14 heavy (non-hydrogen) atoms. The molecule has 0 saturated carbocycles. The summed E-state index contributed by atoms with van der Waals surface area (Å²) in [4.78, 5) is 4.16. The molecule has 0 radical (unpaired) electrons. The summed E-state index contributed by atoms with van der Waals surface area (Å²) in [6.07, 6.45) is 1.75. The number of nitrogens with zero attached hydrogens (tertiary/aromatic N) is 4. The van der Waals surface area contributed by atoms with Crippen LogP contribution < -0.4 is 5.73 Å². The van der Waals surface area contributed by atoms with E-state index in [1.54, 1.807) is 29.8 Å². The number of amidine groups is 1. The van der Waals surface area contributed by atoms with Crippen LogP contribution in [0.25, 0.3) is 5.65 Å². The molecule has 6 nitrogen and oxygen atoms in total. The van der Waals surface area contributed by atoms with Crippen LogP contribution in [-0.4, -0.2) is 25.6 Å². The van der Waals surface area contributed by atoms with Crippen molar-refractivity contribution >= 4 is 11.5 Å². The number of hydrogen-bond acceptors (Lipinski definition) is 4. The van der Waals surface area contributed by atoms with E-state index in [1.165, 1.54) is 0 Å². The number of rotatable bonds is 1. The maximum absolute atomic E-state index is 8.56. The van der Waals surface area contributed by atoms with Crippen molar-refractivity contribution in [2.75, 3.05) is 0 Å². The Morgan fingerprint density at radius 3 is 3.14 bits per heavy atom. The van der Waals surface area contributed by atoms with Gasteiger partial charge >= 0.3 is 0 Å². The summed E-state index contributed by atoms with van der Waals surface area (Å²) in [5, 5.41) is 15.6. The highest BCUT2D eigenvalue weighted by atomic mass is 16.4. The Labute approximate surface area is 79.7 Å². The second-order valence-corrected chi connectivity index (χ2v) is 2.83.